The summed E-state index contributed by atoms with van der Waals surface area (Å²) in [5, 5.41) is 10.7. The number of hydrogen-bond donors (Lipinski definition) is 2. The zero-order valence-corrected chi connectivity index (χ0v) is 19.2. The number of nitrogens with zero attached hydrogens (tertiary/aromatic N) is 6. The number of hydrogen-bond acceptors (Lipinski definition) is 10. The standard InChI is InChI=1S/C22H25F3N8O3/c23-22(24,25)12-29-19(34)18-30-20(32-21(31-18)36-11-15-8-14(15)9-26)33-6-3-13(4-7-33)10-35-16-2-1-5-28-17(16)27/h1-2,5,13-15H,3-4,6-8,10-12H2,(H2,27,28)(H,29,34)/t14?,15-/m1/s1. The van der Waals surface area contributed by atoms with Gasteiger partial charge in [0.25, 0.3) is 5.91 Å². The second kappa shape index (κ2) is 10.8. The number of anilines is 2. The molecule has 3 N–H and O–H groups in total. The SMILES string of the molecule is N#CC1C[C@@H]1COc1nc(C(=O)NCC(F)(F)F)nc(N2CCC(COc3cccnc3N)CC2)n1. The normalized spacial score (nSPS) is 19.9. The van der Waals surface area contributed by atoms with Crippen LogP contribution >= 0.6 is 0 Å². The highest BCUT2D eigenvalue weighted by atomic mass is 19.4. The van der Waals surface area contributed by atoms with Gasteiger partial charge >= 0.3 is 12.2 Å². The second-order valence-corrected chi connectivity index (χ2v) is 8.71. The molecule has 2 aliphatic rings. The zero-order valence-electron chi connectivity index (χ0n) is 19.2. The van der Waals surface area contributed by atoms with E-state index in [0.29, 0.717) is 37.7 Å². The molecule has 2 atom stereocenters. The van der Waals surface area contributed by atoms with Crippen molar-refractivity contribution < 1.29 is 27.4 Å². The van der Waals surface area contributed by atoms with Crippen LogP contribution in [0.2, 0.25) is 0 Å². The van der Waals surface area contributed by atoms with Crippen LogP contribution in [0.1, 0.15) is 29.9 Å². The number of halogens is 3. The van der Waals surface area contributed by atoms with Crippen molar-refractivity contribution in [1.29, 1.82) is 5.26 Å². The maximum absolute atomic E-state index is 12.6. The van der Waals surface area contributed by atoms with Crippen LogP contribution < -0.4 is 25.4 Å². The highest BCUT2D eigenvalue weighted by Gasteiger charge is 2.38. The van der Waals surface area contributed by atoms with Crippen molar-refractivity contribution in [1.82, 2.24) is 25.3 Å². The molecule has 192 valence electrons. The van der Waals surface area contributed by atoms with E-state index in [1.807, 2.05) is 4.90 Å². The van der Waals surface area contributed by atoms with Gasteiger partial charge in [-0.25, -0.2) is 4.98 Å². The fourth-order valence-corrected chi connectivity index (χ4v) is 3.72. The van der Waals surface area contributed by atoms with Gasteiger partial charge < -0.3 is 25.4 Å². The van der Waals surface area contributed by atoms with E-state index in [4.69, 9.17) is 20.5 Å². The number of amides is 1. The summed E-state index contributed by atoms with van der Waals surface area (Å²) in [5.41, 5.74) is 5.81. The number of carbonyl (C=O) groups excluding carboxylic acids is 1. The molecule has 1 amide bonds. The smallest absolute Gasteiger partial charge is 0.405 e. The molecule has 14 heteroatoms. The van der Waals surface area contributed by atoms with Gasteiger partial charge in [0.15, 0.2) is 11.6 Å². The minimum atomic E-state index is -4.58. The number of ether oxygens (including phenoxy) is 2. The molecule has 1 unspecified atom stereocenters. The van der Waals surface area contributed by atoms with Gasteiger partial charge in [-0.3, -0.25) is 4.79 Å². The molecule has 0 aromatic carbocycles. The van der Waals surface area contributed by atoms with Gasteiger partial charge in [0, 0.05) is 25.2 Å². The van der Waals surface area contributed by atoms with Crippen molar-refractivity contribution in [2.24, 2.45) is 17.8 Å². The Kier molecular flexibility index (Phi) is 7.56. The molecule has 1 aliphatic carbocycles. The Morgan fingerprint density at radius 3 is 2.67 bits per heavy atom. The first-order valence-electron chi connectivity index (χ1n) is 11.4. The van der Waals surface area contributed by atoms with Crippen molar-refractivity contribution in [3.63, 3.8) is 0 Å². The first-order chi connectivity index (χ1) is 17.2. The van der Waals surface area contributed by atoms with E-state index in [-0.39, 0.29) is 36.3 Å². The lowest BCUT2D eigenvalue weighted by molar-refractivity contribution is -0.123. The molecular weight excluding hydrogens is 481 g/mol. The number of alkyl halides is 3. The summed E-state index contributed by atoms with van der Waals surface area (Å²) >= 11 is 0. The number of nitrogen functional groups attached to an aromatic ring is 1. The van der Waals surface area contributed by atoms with Crippen LogP contribution in [-0.4, -0.2) is 64.9 Å². The van der Waals surface area contributed by atoms with E-state index in [1.165, 1.54) is 0 Å². The van der Waals surface area contributed by atoms with Crippen LogP contribution in [0.25, 0.3) is 0 Å². The van der Waals surface area contributed by atoms with Gasteiger partial charge in [-0.1, -0.05) is 0 Å². The predicted molar refractivity (Wildman–Crippen MR) is 120 cm³/mol. The van der Waals surface area contributed by atoms with Gasteiger partial charge in [-0.2, -0.15) is 33.4 Å². The van der Waals surface area contributed by atoms with Gasteiger partial charge in [0.1, 0.15) is 6.54 Å². The summed E-state index contributed by atoms with van der Waals surface area (Å²) < 4.78 is 49.0. The van der Waals surface area contributed by atoms with Crippen LogP contribution in [-0.2, 0) is 0 Å². The summed E-state index contributed by atoms with van der Waals surface area (Å²) in [5.74, 6) is -0.430. The molecule has 1 aliphatic heterocycles. The molecule has 2 aromatic heterocycles. The van der Waals surface area contributed by atoms with E-state index in [2.05, 4.69) is 26.0 Å². The van der Waals surface area contributed by atoms with Gasteiger partial charge in [-0.15, -0.1) is 0 Å². The molecule has 0 spiro atoms. The predicted octanol–water partition coefficient (Wildman–Crippen LogP) is 1.97. The molecule has 1 saturated carbocycles. The third-order valence-electron chi connectivity index (χ3n) is 5.94. The molecule has 2 fully saturated rings. The van der Waals surface area contributed by atoms with Crippen molar-refractivity contribution >= 4 is 17.7 Å². The third-order valence-corrected chi connectivity index (χ3v) is 5.94. The third kappa shape index (κ3) is 6.83. The van der Waals surface area contributed by atoms with Crippen LogP contribution in [0.3, 0.4) is 0 Å². The number of nitriles is 1. The van der Waals surface area contributed by atoms with Crippen LogP contribution in [0.15, 0.2) is 18.3 Å². The summed E-state index contributed by atoms with van der Waals surface area (Å²) in [6.45, 7) is 0.164. The lowest BCUT2D eigenvalue weighted by atomic mass is 9.98. The van der Waals surface area contributed by atoms with Crippen molar-refractivity contribution in [2.75, 3.05) is 43.5 Å². The minimum Gasteiger partial charge on any atom is -0.489 e. The number of rotatable bonds is 9. The van der Waals surface area contributed by atoms with Crippen LogP contribution in [0.4, 0.5) is 24.9 Å². The Morgan fingerprint density at radius 2 is 2.00 bits per heavy atom. The van der Waals surface area contributed by atoms with Gasteiger partial charge in [-0.05, 0) is 37.3 Å². The van der Waals surface area contributed by atoms with E-state index >= 15 is 0 Å². The molecule has 36 heavy (non-hydrogen) atoms. The Balaban J connectivity index is 1.40. The lowest BCUT2D eigenvalue weighted by Gasteiger charge is -2.32. The summed E-state index contributed by atoms with van der Waals surface area (Å²) in [6.07, 6.45) is -0.855. The van der Waals surface area contributed by atoms with E-state index < -0.39 is 24.5 Å². The molecular formula is C22H25F3N8O3. The molecule has 11 nitrogen and oxygen atoms in total. The summed E-state index contributed by atoms with van der Waals surface area (Å²) in [4.78, 5) is 30.4. The number of nitrogens with one attached hydrogen (secondary N) is 1. The molecule has 1 saturated heterocycles. The molecule has 0 radical (unpaired) electrons. The summed E-state index contributed by atoms with van der Waals surface area (Å²) in [6, 6.07) is 5.46. The Morgan fingerprint density at radius 1 is 1.22 bits per heavy atom. The maximum Gasteiger partial charge on any atom is 0.405 e. The first-order valence-corrected chi connectivity index (χ1v) is 11.4. The zero-order chi connectivity index (χ0) is 25.7. The molecule has 0 bridgehead atoms. The lowest BCUT2D eigenvalue weighted by Crippen LogP contribution is -2.38. The number of pyridine rings is 1. The van der Waals surface area contributed by atoms with E-state index in [9.17, 15) is 18.0 Å². The fraction of sp³-hybridized carbons (Fsp3) is 0.545. The van der Waals surface area contributed by atoms with Crippen molar-refractivity contribution in [3.05, 3.63) is 24.2 Å². The molecule has 4 rings (SSSR count). The first kappa shape index (κ1) is 25.2. The summed E-state index contributed by atoms with van der Waals surface area (Å²) in [7, 11) is 0. The number of aromatic nitrogens is 4. The molecule has 2 aromatic rings. The average Bonchev–Trinajstić information content (AvgIpc) is 3.64. The van der Waals surface area contributed by atoms with Crippen molar-refractivity contribution in [3.8, 4) is 17.8 Å². The van der Waals surface area contributed by atoms with Crippen LogP contribution in [0.5, 0.6) is 11.8 Å². The Hall–Kier alpha value is -3.89. The number of nitrogens with two attached hydrogens (primary N) is 1. The minimum absolute atomic E-state index is 0.0299. The second-order valence-electron chi connectivity index (χ2n) is 8.71. The van der Waals surface area contributed by atoms with Gasteiger partial charge in [0.05, 0.1) is 25.2 Å². The average molecular weight is 506 g/mol. The number of carbonyl (C=O) groups is 1. The fourth-order valence-electron chi connectivity index (χ4n) is 3.72. The highest BCUT2D eigenvalue weighted by Crippen LogP contribution is 2.37. The topological polar surface area (TPSA) is 152 Å². The van der Waals surface area contributed by atoms with E-state index in [1.54, 1.807) is 23.6 Å². The number of piperidine rings is 1. The van der Waals surface area contributed by atoms with Gasteiger partial charge in [0.2, 0.25) is 11.8 Å². The Bertz CT molecular complexity index is 1120. The van der Waals surface area contributed by atoms with Crippen LogP contribution in [0, 0.1) is 29.1 Å². The highest BCUT2D eigenvalue weighted by molar-refractivity contribution is 5.90. The largest absolute Gasteiger partial charge is 0.489 e. The monoisotopic (exact) mass is 506 g/mol. The quantitative estimate of drug-likeness (QED) is 0.516. The maximum atomic E-state index is 12.6. The Labute approximate surface area is 204 Å². The van der Waals surface area contributed by atoms with E-state index in [0.717, 1.165) is 12.8 Å². The molecule has 3 heterocycles. The van der Waals surface area contributed by atoms with Crippen molar-refractivity contribution in [2.45, 2.75) is 25.4 Å².